The zero-order valence-corrected chi connectivity index (χ0v) is 18.6. The molecule has 0 radical (unpaired) electrons. The molecule has 4 atom stereocenters. The van der Waals surface area contributed by atoms with Gasteiger partial charge in [-0.3, -0.25) is 4.79 Å². The minimum absolute atomic E-state index is 0.192. The molecule has 1 saturated heterocycles. The Kier molecular flexibility index (Phi) is 5.13. The van der Waals surface area contributed by atoms with Gasteiger partial charge in [0.25, 0.3) is 5.91 Å². The van der Waals surface area contributed by atoms with Crippen LogP contribution in [0.15, 0.2) is 18.5 Å². The number of hydrogen-bond acceptors (Lipinski definition) is 7. The van der Waals surface area contributed by atoms with Gasteiger partial charge in [-0.05, 0) is 44.6 Å². The lowest BCUT2D eigenvalue weighted by Crippen LogP contribution is -2.37. The summed E-state index contributed by atoms with van der Waals surface area (Å²) in [6.45, 7) is 4.59. The summed E-state index contributed by atoms with van der Waals surface area (Å²) in [4.78, 5) is 37.8. The van der Waals surface area contributed by atoms with Gasteiger partial charge >= 0.3 is 5.97 Å². The van der Waals surface area contributed by atoms with Crippen molar-refractivity contribution in [1.82, 2.24) is 19.9 Å². The molecule has 9 nitrogen and oxygen atoms in total. The van der Waals surface area contributed by atoms with E-state index in [4.69, 9.17) is 0 Å². The first-order valence-corrected chi connectivity index (χ1v) is 11.5. The topological polar surface area (TPSA) is 131 Å². The number of carboxylic acids is 1. The number of carbonyl (C=O) groups excluding carboxylic acids is 1. The number of aromatic nitrogens is 3. The molecule has 1 aliphatic carbocycles. The maximum absolute atomic E-state index is 12.1. The molecule has 2 aliphatic rings. The molecule has 3 aromatic heterocycles. The molecule has 5 rings (SSSR count). The van der Waals surface area contributed by atoms with Crippen LogP contribution in [0.1, 0.15) is 35.1 Å². The molecular formula is C22H25N5O4S. The fourth-order valence-electron chi connectivity index (χ4n) is 5.10. The predicted octanol–water partition coefficient (Wildman–Crippen LogP) is 2.72. The summed E-state index contributed by atoms with van der Waals surface area (Å²) in [5.74, 6) is -0.357. The second-order valence-electron chi connectivity index (χ2n) is 8.78. The minimum Gasteiger partial charge on any atom is -0.477 e. The number of nitrogens with one attached hydrogen (secondary N) is 2. The van der Waals surface area contributed by atoms with Gasteiger partial charge in [-0.1, -0.05) is 0 Å². The Hall–Kier alpha value is -2.98. The number of aromatic carboxylic acids is 1. The Balaban J connectivity index is 1.41. The molecule has 0 aromatic carbocycles. The number of carbonyl (C=O) groups is 2. The number of hydrogen-bond donors (Lipinski definition) is 4. The Morgan fingerprint density at radius 2 is 2.03 bits per heavy atom. The van der Waals surface area contributed by atoms with Crippen LogP contribution >= 0.6 is 11.3 Å². The third-order valence-electron chi connectivity index (χ3n) is 6.58. The number of H-pyrrole nitrogens is 1. The number of anilines is 1. The minimum atomic E-state index is -0.976. The lowest BCUT2D eigenvalue weighted by atomic mass is 10.0. The third-order valence-corrected chi connectivity index (χ3v) is 7.76. The van der Waals surface area contributed by atoms with Crippen LogP contribution in [0.3, 0.4) is 0 Å². The standard InChI is InChI=1S/C22H25N5O4S/c1-10-18(22(30)31)32-20(25-10)16-7-24-19-15(3-4-23-19)17(16)26-14-5-12-8-27(9-13(12)6-14)21(29)11(2)28/h3-4,7,11-14,28H,5-6,8-9H2,1-2H3,(H,30,31)(H2,23,24,26)/t11-,12-,13+,14?/m0/s1. The fourth-order valence-corrected chi connectivity index (χ4v) is 6.02. The summed E-state index contributed by atoms with van der Waals surface area (Å²) in [5, 5.41) is 24.3. The predicted molar refractivity (Wildman–Crippen MR) is 121 cm³/mol. The van der Waals surface area contributed by atoms with E-state index in [1.165, 1.54) is 6.92 Å². The monoisotopic (exact) mass is 455 g/mol. The first kappa shape index (κ1) is 20.9. The summed E-state index contributed by atoms with van der Waals surface area (Å²) in [6, 6.07) is 2.19. The molecule has 0 spiro atoms. The van der Waals surface area contributed by atoms with E-state index in [9.17, 15) is 19.8 Å². The van der Waals surface area contributed by atoms with Gasteiger partial charge in [-0.25, -0.2) is 14.8 Å². The van der Waals surface area contributed by atoms with Crippen LogP contribution < -0.4 is 5.32 Å². The summed E-state index contributed by atoms with van der Waals surface area (Å²) in [7, 11) is 0. The van der Waals surface area contributed by atoms with Crippen molar-refractivity contribution >= 4 is 39.9 Å². The zero-order chi connectivity index (χ0) is 22.6. The number of aliphatic hydroxyl groups is 1. The highest BCUT2D eigenvalue weighted by atomic mass is 32.1. The van der Waals surface area contributed by atoms with Gasteiger partial charge < -0.3 is 25.4 Å². The molecule has 4 heterocycles. The van der Waals surface area contributed by atoms with Gasteiger partial charge in [-0.15, -0.1) is 11.3 Å². The normalized spacial score (nSPS) is 23.5. The second kappa shape index (κ2) is 7.86. The number of rotatable bonds is 5. The molecule has 1 unspecified atom stereocenters. The number of aromatic amines is 1. The number of carboxylic acid groups (broad SMARTS) is 1. The molecule has 1 amide bonds. The van der Waals surface area contributed by atoms with Crippen LogP contribution in [0, 0.1) is 18.8 Å². The summed E-state index contributed by atoms with van der Waals surface area (Å²) in [6.07, 6.45) is 4.48. The number of aliphatic hydroxyl groups excluding tert-OH is 1. The quantitative estimate of drug-likeness (QED) is 0.465. The van der Waals surface area contributed by atoms with E-state index in [1.807, 2.05) is 12.3 Å². The van der Waals surface area contributed by atoms with Crippen molar-refractivity contribution in [1.29, 1.82) is 0 Å². The fraction of sp³-hybridized carbons (Fsp3) is 0.455. The molecular weight excluding hydrogens is 430 g/mol. The van der Waals surface area contributed by atoms with Crippen molar-refractivity contribution < 1.29 is 19.8 Å². The summed E-state index contributed by atoms with van der Waals surface area (Å²) in [5.41, 5.74) is 2.95. The lowest BCUT2D eigenvalue weighted by Gasteiger charge is -2.22. The van der Waals surface area contributed by atoms with E-state index >= 15 is 0 Å². The highest BCUT2D eigenvalue weighted by Crippen LogP contribution is 2.42. The smallest absolute Gasteiger partial charge is 0.347 e. The maximum Gasteiger partial charge on any atom is 0.347 e. The van der Waals surface area contributed by atoms with E-state index < -0.39 is 12.1 Å². The average molecular weight is 456 g/mol. The van der Waals surface area contributed by atoms with Gasteiger partial charge in [0.05, 0.1) is 16.9 Å². The Morgan fingerprint density at radius 1 is 1.31 bits per heavy atom. The number of likely N-dealkylation sites (tertiary alicyclic amines) is 1. The van der Waals surface area contributed by atoms with E-state index in [2.05, 4.69) is 20.3 Å². The number of nitrogens with zero attached hydrogens (tertiary/aromatic N) is 3. The molecule has 1 aliphatic heterocycles. The molecule has 32 heavy (non-hydrogen) atoms. The molecule has 1 saturated carbocycles. The first-order valence-electron chi connectivity index (χ1n) is 10.7. The summed E-state index contributed by atoms with van der Waals surface area (Å²) >= 11 is 1.16. The number of fused-ring (bicyclic) bond motifs is 2. The van der Waals surface area contributed by atoms with Crippen LogP contribution in [0.4, 0.5) is 5.69 Å². The Labute approximate surface area is 188 Å². The van der Waals surface area contributed by atoms with Crippen molar-refractivity contribution in [2.75, 3.05) is 18.4 Å². The van der Waals surface area contributed by atoms with Crippen LogP contribution in [-0.2, 0) is 4.79 Å². The number of pyridine rings is 1. The molecule has 2 fully saturated rings. The highest BCUT2D eigenvalue weighted by molar-refractivity contribution is 7.17. The molecule has 168 valence electrons. The van der Waals surface area contributed by atoms with Crippen LogP contribution in [0.2, 0.25) is 0 Å². The average Bonchev–Trinajstić information content (AvgIpc) is 3.49. The first-order chi connectivity index (χ1) is 15.3. The van der Waals surface area contributed by atoms with Crippen molar-refractivity contribution in [2.45, 2.75) is 38.8 Å². The van der Waals surface area contributed by atoms with Crippen molar-refractivity contribution in [2.24, 2.45) is 11.8 Å². The van der Waals surface area contributed by atoms with Gasteiger partial charge in [0.15, 0.2) is 0 Å². The van der Waals surface area contributed by atoms with Crippen LogP contribution in [0.25, 0.3) is 21.6 Å². The lowest BCUT2D eigenvalue weighted by molar-refractivity contribution is -0.138. The van der Waals surface area contributed by atoms with Crippen molar-refractivity contribution in [3.63, 3.8) is 0 Å². The van der Waals surface area contributed by atoms with Gasteiger partial charge in [0, 0.05) is 36.9 Å². The molecule has 3 aromatic rings. The SMILES string of the molecule is Cc1nc(-c2cnc3[nH]ccc3c2NC2C[C@@H]3CN(C(=O)[C@H](C)O)C[C@@H]3C2)sc1C(=O)O. The van der Waals surface area contributed by atoms with E-state index in [0.717, 1.165) is 46.5 Å². The molecule has 4 N–H and O–H groups in total. The van der Waals surface area contributed by atoms with E-state index in [0.29, 0.717) is 35.6 Å². The van der Waals surface area contributed by atoms with Gasteiger partial charge in [0.2, 0.25) is 0 Å². The highest BCUT2D eigenvalue weighted by Gasteiger charge is 2.43. The van der Waals surface area contributed by atoms with Crippen molar-refractivity contribution in [3.8, 4) is 10.6 Å². The second-order valence-corrected chi connectivity index (χ2v) is 9.78. The third kappa shape index (κ3) is 3.53. The number of amides is 1. The Morgan fingerprint density at radius 3 is 2.66 bits per heavy atom. The maximum atomic E-state index is 12.1. The van der Waals surface area contributed by atoms with Crippen LogP contribution in [-0.4, -0.2) is 67.2 Å². The zero-order valence-electron chi connectivity index (χ0n) is 17.8. The molecule has 0 bridgehead atoms. The van der Waals surface area contributed by atoms with Gasteiger partial charge in [-0.2, -0.15) is 0 Å². The number of thiazole rings is 1. The summed E-state index contributed by atoms with van der Waals surface area (Å²) < 4.78 is 0. The largest absolute Gasteiger partial charge is 0.477 e. The van der Waals surface area contributed by atoms with Crippen LogP contribution in [0.5, 0.6) is 0 Å². The van der Waals surface area contributed by atoms with E-state index in [-0.39, 0.29) is 16.8 Å². The number of aryl methyl sites for hydroxylation is 1. The molecule has 10 heteroatoms. The van der Waals surface area contributed by atoms with Crippen molar-refractivity contribution in [3.05, 3.63) is 29.0 Å². The van der Waals surface area contributed by atoms with Gasteiger partial charge in [0.1, 0.15) is 21.6 Å². The Bertz CT molecular complexity index is 1190. The van der Waals surface area contributed by atoms with E-state index in [1.54, 1.807) is 18.0 Å².